The van der Waals surface area contributed by atoms with Crippen molar-refractivity contribution in [2.45, 2.75) is 57.8 Å². The van der Waals surface area contributed by atoms with E-state index < -0.39 is 0 Å². The molecule has 0 spiro atoms. The Morgan fingerprint density at radius 3 is 2.80 bits per heavy atom. The van der Waals surface area contributed by atoms with Gasteiger partial charge in [0.05, 0.1) is 0 Å². The molecule has 0 radical (unpaired) electrons. The van der Waals surface area contributed by atoms with E-state index in [0.717, 1.165) is 5.92 Å². The van der Waals surface area contributed by atoms with Crippen LogP contribution in [-0.4, -0.2) is 0 Å². The van der Waals surface area contributed by atoms with E-state index in [1.54, 1.807) is 22.3 Å². The van der Waals surface area contributed by atoms with Crippen molar-refractivity contribution in [3.63, 3.8) is 0 Å². The Labute approximate surface area is 92.7 Å². The molecule has 1 unspecified atom stereocenters. The molecule has 0 aliphatic heterocycles. The van der Waals surface area contributed by atoms with Gasteiger partial charge in [-0.05, 0) is 66.2 Å². The molecule has 1 atom stereocenters. The van der Waals surface area contributed by atoms with Crippen LogP contribution >= 0.6 is 0 Å². The van der Waals surface area contributed by atoms with Crippen molar-refractivity contribution < 1.29 is 0 Å². The number of benzene rings is 1. The molecule has 0 saturated carbocycles. The number of hydrogen-bond acceptors (Lipinski definition) is 0. The zero-order chi connectivity index (χ0) is 10.4. The van der Waals surface area contributed by atoms with Gasteiger partial charge in [-0.2, -0.15) is 0 Å². The minimum absolute atomic E-state index is 0.699. The van der Waals surface area contributed by atoms with Crippen molar-refractivity contribution in [1.82, 2.24) is 0 Å². The predicted molar refractivity (Wildman–Crippen MR) is 64.5 cm³/mol. The van der Waals surface area contributed by atoms with Crippen LogP contribution in [-0.2, 0) is 12.8 Å². The zero-order valence-electron chi connectivity index (χ0n) is 9.84. The monoisotopic (exact) mass is 200 g/mol. The summed E-state index contributed by atoms with van der Waals surface area (Å²) >= 11 is 0. The van der Waals surface area contributed by atoms with Crippen LogP contribution in [0.2, 0.25) is 0 Å². The average molecular weight is 200 g/mol. The van der Waals surface area contributed by atoms with E-state index in [2.05, 4.69) is 26.0 Å². The van der Waals surface area contributed by atoms with Crippen LogP contribution in [0.1, 0.15) is 67.2 Å². The van der Waals surface area contributed by atoms with Crippen LogP contribution < -0.4 is 0 Å². The van der Waals surface area contributed by atoms with E-state index in [9.17, 15) is 0 Å². The van der Waals surface area contributed by atoms with E-state index in [1.165, 1.54) is 32.1 Å². The Morgan fingerprint density at radius 1 is 1.13 bits per heavy atom. The third-order valence-electron chi connectivity index (χ3n) is 4.26. The molecule has 0 bridgehead atoms. The smallest absolute Gasteiger partial charge is 0.0153 e. The Balaban J connectivity index is 2.19. The van der Waals surface area contributed by atoms with Crippen molar-refractivity contribution in [2.24, 2.45) is 0 Å². The van der Waals surface area contributed by atoms with Gasteiger partial charge in [0, 0.05) is 0 Å². The summed E-state index contributed by atoms with van der Waals surface area (Å²) in [6.45, 7) is 4.66. The molecule has 15 heavy (non-hydrogen) atoms. The summed E-state index contributed by atoms with van der Waals surface area (Å²) in [7, 11) is 0. The van der Waals surface area contributed by atoms with Gasteiger partial charge in [-0.3, -0.25) is 0 Å². The summed E-state index contributed by atoms with van der Waals surface area (Å²) in [5, 5.41) is 0. The number of hydrogen-bond donors (Lipinski definition) is 0. The lowest BCUT2D eigenvalue weighted by atomic mass is 9.79. The summed E-state index contributed by atoms with van der Waals surface area (Å²) in [4.78, 5) is 0. The van der Waals surface area contributed by atoms with Crippen LogP contribution in [0.25, 0.3) is 0 Å². The summed E-state index contributed by atoms with van der Waals surface area (Å²) < 4.78 is 0. The molecule has 0 aromatic heterocycles. The predicted octanol–water partition coefficient (Wildman–Crippen LogP) is 4.18. The lowest BCUT2D eigenvalue weighted by Gasteiger charge is -2.25. The first kappa shape index (κ1) is 9.45. The summed E-state index contributed by atoms with van der Waals surface area (Å²) in [6.07, 6.45) is 6.96. The normalized spacial score (nSPS) is 23.3. The Hall–Kier alpha value is -0.780. The van der Waals surface area contributed by atoms with Crippen LogP contribution in [0.5, 0.6) is 0 Å². The number of aryl methyl sites for hydroxylation is 1. The molecule has 0 N–H and O–H groups in total. The first-order valence-corrected chi connectivity index (χ1v) is 6.42. The maximum atomic E-state index is 2.40. The fourth-order valence-electron chi connectivity index (χ4n) is 3.56. The molecule has 2 aliphatic carbocycles. The van der Waals surface area contributed by atoms with Gasteiger partial charge in [0.1, 0.15) is 0 Å². The maximum Gasteiger partial charge on any atom is -0.0153 e. The van der Waals surface area contributed by atoms with Gasteiger partial charge in [0.2, 0.25) is 0 Å². The fraction of sp³-hybridized carbons (Fsp3) is 0.600. The largest absolute Gasteiger partial charge is 0.0587 e. The third-order valence-corrected chi connectivity index (χ3v) is 4.26. The molecule has 0 heterocycles. The molecule has 0 nitrogen and oxygen atoms in total. The molecule has 0 amide bonds. The Kier molecular flexibility index (Phi) is 2.12. The van der Waals surface area contributed by atoms with Crippen molar-refractivity contribution in [3.05, 3.63) is 34.4 Å². The van der Waals surface area contributed by atoms with Gasteiger partial charge in [-0.25, -0.2) is 0 Å². The SMILES string of the molecule is CC(C)c1ccc2c3c1CCCC3CC2. The molecular formula is C15H20. The third kappa shape index (κ3) is 1.34. The summed E-state index contributed by atoms with van der Waals surface area (Å²) in [5.41, 5.74) is 6.79. The minimum Gasteiger partial charge on any atom is -0.0587 e. The van der Waals surface area contributed by atoms with Gasteiger partial charge in [-0.1, -0.05) is 26.0 Å². The molecule has 1 aromatic rings. The average Bonchev–Trinajstić information content (AvgIpc) is 2.64. The minimum atomic E-state index is 0.699. The lowest BCUT2D eigenvalue weighted by molar-refractivity contribution is 0.550. The van der Waals surface area contributed by atoms with Gasteiger partial charge in [-0.15, -0.1) is 0 Å². The van der Waals surface area contributed by atoms with Crippen LogP contribution in [0.4, 0.5) is 0 Å². The van der Waals surface area contributed by atoms with Crippen molar-refractivity contribution in [1.29, 1.82) is 0 Å². The highest BCUT2D eigenvalue weighted by atomic mass is 14.3. The highest BCUT2D eigenvalue weighted by Gasteiger charge is 2.29. The highest BCUT2D eigenvalue weighted by Crippen LogP contribution is 2.44. The van der Waals surface area contributed by atoms with Crippen molar-refractivity contribution in [2.75, 3.05) is 0 Å². The van der Waals surface area contributed by atoms with Crippen molar-refractivity contribution in [3.8, 4) is 0 Å². The fourth-order valence-corrected chi connectivity index (χ4v) is 3.56. The van der Waals surface area contributed by atoms with Gasteiger partial charge >= 0.3 is 0 Å². The topological polar surface area (TPSA) is 0 Å². The van der Waals surface area contributed by atoms with Gasteiger partial charge in [0.15, 0.2) is 0 Å². The first-order valence-electron chi connectivity index (χ1n) is 6.42. The molecule has 0 heteroatoms. The maximum absolute atomic E-state index is 2.40. The quantitative estimate of drug-likeness (QED) is 0.638. The molecule has 3 rings (SSSR count). The Morgan fingerprint density at radius 2 is 2.00 bits per heavy atom. The standard InChI is InChI=1S/C15H20/c1-10(2)13-9-8-12-7-6-11-4-3-5-14(13)15(11)12/h8-11H,3-7H2,1-2H3. The highest BCUT2D eigenvalue weighted by molar-refractivity contribution is 5.48. The summed E-state index contributed by atoms with van der Waals surface area (Å²) in [6, 6.07) is 4.80. The molecule has 2 aliphatic rings. The summed E-state index contributed by atoms with van der Waals surface area (Å²) in [5.74, 6) is 1.62. The van der Waals surface area contributed by atoms with E-state index in [-0.39, 0.29) is 0 Å². The second-order valence-electron chi connectivity index (χ2n) is 5.49. The zero-order valence-corrected chi connectivity index (χ0v) is 9.84. The molecule has 0 saturated heterocycles. The van der Waals surface area contributed by atoms with Crippen LogP contribution in [0.15, 0.2) is 12.1 Å². The number of rotatable bonds is 1. The second kappa shape index (κ2) is 3.37. The van der Waals surface area contributed by atoms with Crippen LogP contribution in [0, 0.1) is 0 Å². The van der Waals surface area contributed by atoms with Crippen LogP contribution in [0.3, 0.4) is 0 Å². The van der Waals surface area contributed by atoms with E-state index in [4.69, 9.17) is 0 Å². The van der Waals surface area contributed by atoms with Crippen molar-refractivity contribution >= 4 is 0 Å². The molecular weight excluding hydrogens is 180 g/mol. The molecule has 0 fully saturated rings. The van der Waals surface area contributed by atoms with E-state index >= 15 is 0 Å². The first-order chi connectivity index (χ1) is 7.27. The van der Waals surface area contributed by atoms with E-state index in [1.807, 2.05) is 0 Å². The second-order valence-corrected chi connectivity index (χ2v) is 5.49. The molecule has 1 aromatic carbocycles. The lowest BCUT2D eigenvalue weighted by Crippen LogP contribution is -2.10. The van der Waals surface area contributed by atoms with E-state index in [0.29, 0.717) is 5.92 Å². The van der Waals surface area contributed by atoms with Gasteiger partial charge < -0.3 is 0 Å². The molecule has 80 valence electrons. The van der Waals surface area contributed by atoms with Gasteiger partial charge in [0.25, 0.3) is 0 Å². The Bertz CT molecular complexity index is 387.